The van der Waals surface area contributed by atoms with Gasteiger partial charge in [-0.15, -0.1) is 0 Å². The molecule has 0 saturated carbocycles. The Morgan fingerprint density at radius 3 is 2.79 bits per heavy atom. The summed E-state index contributed by atoms with van der Waals surface area (Å²) in [6, 6.07) is 0. The number of carboxylic acids is 1. The van der Waals surface area contributed by atoms with Gasteiger partial charge >= 0.3 is 5.97 Å². The molecule has 0 saturated heterocycles. The zero-order valence-electron chi connectivity index (χ0n) is 8.40. The van der Waals surface area contributed by atoms with Gasteiger partial charge in [0.1, 0.15) is 5.82 Å². The maximum Gasteiger partial charge on any atom is 0.308 e. The second-order valence-corrected chi connectivity index (χ2v) is 3.35. The van der Waals surface area contributed by atoms with Crippen LogP contribution in [0.3, 0.4) is 0 Å². The molecule has 1 aromatic heterocycles. The Morgan fingerprint density at radius 2 is 2.43 bits per heavy atom. The lowest BCUT2D eigenvalue weighted by Gasteiger charge is -2.09. The topological polar surface area (TPSA) is 81.1 Å². The van der Waals surface area contributed by atoms with Crippen LogP contribution in [0.2, 0.25) is 0 Å². The highest BCUT2D eigenvalue weighted by Gasteiger charge is 2.18. The highest BCUT2D eigenvalue weighted by atomic mass is 16.4. The molecule has 0 aliphatic carbocycles. The smallest absolute Gasteiger partial charge is 0.308 e. The third-order valence-corrected chi connectivity index (χ3v) is 2.38. The molecule has 0 bridgehead atoms. The number of hydrogen-bond donors (Lipinski definition) is 2. The molecule has 1 unspecified atom stereocenters. The number of aromatic nitrogens is 2. The zero-order valence-corrected chi connectivity index (χ0v) is 8.40. The Bertz CT molecular complexity index is 333. The Kier molecular flexibility index (Phi) is 3.24. The van der Waals surface area contributed by atoms with Gasteiger partial charge in [-0.05, 0) is 6.92 Å². The molecule has 78 valence electrons. The van der Waals surface area contributed by atoms with E-state index in [1.54, 1.807) is 6.20 Å². The van der Waals surface area contributed by atoms with Crippen molar-refractivity contribution in [1.29, 1.82) is 0 Å². The van der Waals surface area contributed by atoms with Crippen LogP contribution in [0.25, 0.3) is 0 Å². The Balaban J connectivity index is 2.77. The summed E-state index contributed by atoms with van der Waals surface area (Å²) in [4.78, 5) is 14.9. The fourth-order valence-electron chi connectivity index (χ4n) is 1.23. The molecule has 0 fully saturated rings. The third kappa shape index (κ3) is 2.11. The summed E-state index contributed by atoms with van der Waals surface area (Å²) in [5.74, 6) is -0.649. The van der Waals surface area contributed by atoms with E-state index in [0.717, 1.165) is 11.5 Å². The van der Waals surface area contributed by atoms with Crippen molar-refractivity contribution in [2.75, 3.05) is 6.54 Å². The maximum atomic E-state index is 10.7. The van der Waals surface area contributed by atoms with Crippen molar-refractivity contribution in [2.24, 2.45) is 18.7 Å². The number of nitrogens with zero attached hydrogens (tertiary/aromatic N) is 2. The van der Waals surface area contributed by atoms with Gasteiger partial charge in [0.2, 0.25) is 0 Å². The van der Waals surface area contributed by atoms with Gasteiger partial charge in [0.25, 0.3) is 0 Å². The fraction of sp³-hybridized carbons (Fsp3) is 0.556. The number of rotatable bonds is 4. The zero-order chi connectivity index (χ0) is 10.7. The molecule has 3 N–H and O–H groups in total. The molecule has 5 nitrogen and oxygen atoms in total. The Morgan fingerprint density at radius 1 is 1.79 bits per heavy atom. The molecule has 0 aromatic carbocycles. The van der Waals surface area contributed by atoms with Gasteiger partial charge in [-0.1, -0.05) is 0 Å². The molecule has 0 radical (unpaired) electrons. The van der Waals surface area contributed by atoms with E-state index in [1.165, 1.54) is 0 Å². The second kappa shape index (κ2) is 4.23. The molecule has 0 spiro atoms. The molecule has 0 aliphatic rings. The standard InChI is InChI=1S/C9H15N3O2/c1-6-5-11-8(12(6)2)3-7(4-10)9(13)14/h5,7H,3-4,10H2,1-2H3,(H,13,14). The van der Waals surface area contributed by atoms with Crippen LogP contribution < -0.4 is 5.73 Å². The first-order valence-electron chi connectivity index (χ1n) is 4.46. The van der Waals surface area contributed by atoms with E-state index in [0.29, 0.717) is 6.42 Å². The minimum atomic E-state index is -0.867. The van der Waals surface area contributed by atoms with Gasteiger partial charge in [0, 0.05) is 31.9 Å². The molecule has 1 heterocycles. The van der Waals surface area contributed by atoms with E-state index in [-0.39, 0.29) is 6.54 Å². The van der Waals surface area contributed by atoms with Gasteiger partial charge in [0.05, 0.1) is 5.92 Å². The van der Waals surface area contributed by atoms with Crippen molar-refractivity contribution >= 4 is 5.97 Å². The Hall–Kier alpha value is -1.36. The first-order chi connectivity index (χ1) is 6.56. The van der Waals surface area contributed by atoms with Crippen LogP contribution in [-0.2, 0) is 18.3 Å². The minimum absolute atomic E-state index is 0.140. The highest BCUT2D eigenvalue weighted by Crippen LogP contribution is 2.08. The molecule has 1 atom stereocenters. The lowest BCUT2D eigenvalue weighted by Crippen LogP contribution is -2.26. The third-order valence-electron chi connectivity index (χ3n) is 2.38. The first-order valence-corrected chi connectivity index (χ1v) is 4.46. The Labute approximate surface area is 82.6 Å². The lowest BCUT2D eigenvalue weighted by atomic mass is 10.1. The van der Waals surface area contributed by atoms with E-state index in [1.807, 2.05) is 18.5 Å². The molecular weight excluding hydrogens is 182 g/mol. The molecule has 1 rings (SSSR count). The van der Waals surface area contributed by atoms with Gasteiger partial charge in [-0.2, -0.15) is 0 Å². The molecular formula is C9H15N3O2. The highest BCUT2D eigenvalue weighted by molar-refractivity contribution is 5.70. The number of carboxylic acid groups (broad SMARTS) is 1. The molecule has 0 aliphatic heterocycles. The van der Waals surface area contributed by atoms with Crippen LogP contribution >= 0.6 is 0 Å². The van der Waals surface area contributed by atoms with Crippen LogP contribution in [-0.4, -0.2) is 27.2 Å². The van der Waals surface area contributed by atoms with E-state index < -0.39 is 11.9 Å². The quantitative estimate of drug-likeness (QED) is 0.708. The van der Waals surface area contributed by atoms with Crippen LogP contribution in [0.4, 0.5) is 0 Å². The van der Waals surface area contributed by atoms with Crippen molar-refractivity contribution in [2.45, 2.75) is 13.3 Å². The van der Waals surface area contributed by atoms with Crippen LogP contribution in [0.1, 0.15) is 11.5 Å². The SMILES string of the molecule is Cc1cnc(CC(CN)C(=O)O)n1C. The van der Waals surface area contributed by atoms with E-state index in [4.69, 9.17) is 10.8 Å². The molecule has 1 aromatic rings. The van der Waals surface area contributed by atoms with Gasteiger partial charge in [-0.3, -0.25) is 4.79 Å². The summed E-state index contributed by atoms with van der Waals surface area (Å²) in [7, 11) is 1.87. The average Bonchev–Trinajstić information content (AvgIpc) is 2.44. The maximum absolute atomic E-state index is 10.7. The van der Waals surface area contributed by atoms with E-state index >= 15 is 0 Å². The van der Waals surface area contributed by atoms with Crippen molar-refractivity contribution in [1.82, 2.24) is 9.55 Å². The van der Waals surface area contributed by atoms with Crippen LogP contribution in [0.15, 0.2) is 6.20 Å². The van der Waals surface area contributed by atoms with E-state index in [9.17, 15) is 4.79 Å². The summed E-state index contributed by atoms with van der Waals surface area (Å²) in [6.07, 6.45) is 2.11. The molecule has 5 heteroatoms. The second-order valence-electron chi connectivity index (χ2n) is 3.35. The number of imidazole rings is 1. The fourth-order valence-corrected chi connectivity index (χ4v) is 1.23. The minimum Gasteiger partial charge on any atom is -0.481 e. The summed E-state index contributed by atoms with van der Waals surface area (Å²) < 4.78 is 1.88. The van der Waals surface area contributed by atoms with Crippen molar-refractivity contribution in [3.63, 3.8) is 0 Å². The normalized spacial score (nSPS) is 12.8. The van der Waals surface area contributed by atoms with Crippen molar-refractivity contribution < 1.29 is 9.90 Å². The van der Waals surface area contributed by atoms with Gasteiger partial charge in [0.15, 0.2) is 0 Å². The van der Waals surface area contributed by atoms with Crippen LogP contribution in [0, 0.1) is 12.8 Å². The predicted octanol–water partition coefficient (Wildman–Crippen LogP) is -0.0695. The summed E-state index contributed by atoms with van der Waals surface area (Å²) in [6.45, 7) is 2.07. The number of hydrogen-bond acceptors (Lipinski definition) is 3. The number of carbonyl (C=O) groups is 1. The molecule has 0 amide bonds. The van der Waals surface area contributed by atoms with Crippen LogP contribution in [0.5, 0.6) is 0 Å². The number of nitrogens with two attached hydrogens (primary N) is 1. The summed E-state index contributed by atoms with van der Waals surface area (Å²) in [5.41, 5.74) is 6.38. The predicted molar refractivity (Wildman–Crippen MR) is 51.8 cm³/mol. The average molecular weight is 197 g/mol. The monoisotopic (exact) mass is 197 g/mol. The molecule has 14 heavy (non-hydrogen) atoms. The van der Waals surface area contributed by atoms with Crippen molar-refractivity contribution in [3.8, 4) is 0 Å². The first kappa shape index (κ1) is 10.7. The lowest BCUT2D eigenvalue weighted by molar-refractivity contribution is -0.141. The van der Waals surface area contributed by atoms with Gasteiger partial charge < -0.3 is 15.4 Å². The number of aryl methyl sites for hydroxylation is 1. The van der Waals surface area contributed by atoms with Crippen molar-refractivity contribution in [3.05, 3.63) is 17.7 Å². The van der Waals surface area contributed by atoms with Gasteiger partial charge in [-0.25, -0.2) is 4.98 Å². The largest absolute Gasteiger partial charge is 0.481 e. The van der Waals surface area contributed by atoms with E-state index in [2.05, 4.69) is 4.98 Å². The summed E-state index contributed by atoms with van der Waals surface area (Å²) >= 11 is 0. The number of aliphatic carboxylic acids is 1. The summed E-state index contributed by atoms with van der Waals surface area (Å²) in [5, 5.41) is 8.82.